The van der Waals surface area contributed by atoms with Crippen LogP contribution in [-0.2, 0) is 16.6 Å². The summed E-state index contributed by atoms with van der Waals surface area (Å²) >= 11 is 3.48. The standard InChI is InChI=1S/C14H18BrN3O2S/c1-11-14(15)12(2)18(17-11)10-6-9-16-21(19,20)13-7-4-3-5-8-13/h3-5,7-8,16H,6,9-10H2,1-2H3. The molecule has 0 amide bonds. The Hall–Kier alpha value is -1.18. The minimum absolute atomic E-state index is 0.291. The first-order valence-electron chi connectivity index (χ1n) is 6.66. The zero-order chi connectivity index (χ0) is 15.5. The van der Waals surface area contributed by atoms with Crippen LogP contribution in [-0.4, -0.2) is 24.7 Å². The van der Waals surface area contributed by atoms with Gasteiger partial charge in [-0.3, -0.25) is 4.68 Å². The highest BCUT2D eigenvalue weighted by Crippen LogP contribution is 2.19. The maximum Gasteiger partial charge on any atom is 0.240 e. The van der Waals surface area contributed by atoms with Gasteiger partial charge in [0.2, 0.25) is 10.0 Å². The van der Waals surface area contributed by atoms with Gasteiger partial charge in [-0.1, -0.05) is 18.2 Å². The number of benzene rings is 1. The third-order valence-corrected chi connectivity index (χ3v) is 5.81. The van der Waals surface area contributed by atoms with E-state index in [1.54, 1.807) is 30.3 Å². The van der Waals surface area contributed by atoms with Crippen molar-refractivity contribution < 1.29 is 8.42 Å². The second-order valence-electron chi connectivity index (χ2n) is 4.77. The van der Waals surface area contributed by atoms with Crippen LogP contribution in [0.15, 0.2) is 39.7 Å². The Morgan fingerprint density at radius 2 is 1.90 bits per heavy atom. The number of halogens is 1. The van der Waals surface area contributed by atoms with Gasteiger partial charge in [0, 0.05) is 18.8 Å². The monoisotopic (exact) mass is 371 g/mol. The van der Waals surface area contributed by atoms with Crippen LogP contribution in [0.25, 0.3) is 0 Å². The molecule has 0 atom stereocenters. The Kier molecular flexibility index (Phi) is 5.18. The van der Waals surface area contributed by atoms with Crippen molar-refractivity contribution >= 4 is 26.0 Å². The van der Waals surface area contributed by atoms with E-state index in [0.717, 1.165) is 15.9 Å². The highest BCUT2D eigenvalue weighted by molar-refractivity contribution is 9.10. The topological polar surface area (TPSA) is 64.0 Å². The largest absolute Gasteiger partial charge is 0.268 e. The molecule has 0 fully saturated rings. The van der Waals surface area contributed by atoms with Crippen molar-refractivity contribution in [3.63, 3.8) is 0 Å². The van der Waals surface area contributed by atoms with Crippen molar-refractivity contribution in [2.45, 2.75) is 31.7 Å². The lowest BCUT2D eigenvalue weighted by Gasteiger charge is -2.07. The number of hydrogen-bond acceptors (Lipinski definition) is 3. The average molecular weight is 372 g/mol. The highest BCUT2D eigenvalue weighted by Gasteiger charge is 2.13. The Balaban J connectivity index is 1.89. The molecule has 21 heavy (non-hydrogen) atoms. The molecule has 1 heterocycles. The molecule has 2 rings (SSSR count). The van der Waals surface area contributed by atoms with Crippen LogP contribution in [0, 0.1) is 13.8 Å². The number of nitrogens with zero attached hydrogens (tertiary/aromatic N) is 2. The molecule has 7 heteroatoms. The fraction of sp³-hybridized carbons (Fsp3) is 0.357. The summed E-state index contributed by atoms with van der Waals surface area (Å²) in [5.74, 6) is 0. The molecule has 1 N–H and O–H groups in total. The first kappa shape index (κ1) is 16.2. The Morgan fingerprint density at radius 3 is 2.48 bits per heavy atom. The maximum absolute atomic E-state index is 12.0. The van der Waals surface area contributed by atoms with Crippen LogP contribution in [0.1, 0.15) is 17.8 Å². The first-order chi connectivity index (χ1) is 9.92. The fourth-order valence-corrected chi connectivity index (χ4v) is 3.39. The second-order valence-corrected chi connectivity index (χ2v) is 7.33. The van der Waals surface area contributed by atoms with Crippen LogP contribution in [0.3, 0.4) is 0 Å². The Morgan fingerprint density at radius 1 is 1.24 bits per heavy atom. The lowest BCUT2D eigenvalue weighted by atomic mass is 10.4. The van der Waals surface area contributed by atoms with Crippen molar-refractivity contribution in [1.82, 2.24) is 14.5 Å². The predicted molar refractivity (Wildman–Crippen MR) is 85.6 cm³/mol. The molecular formula is C14H18BrN3O2S. The molecular weight excluding hydrogens is 354 g/mol. The fourth-order valence-electron chi connectivity index (χ4n) is 2.01. The molecule has 0 saturated heterocycles. The Bertz CT molecular complexity index is 711. The number of aromatic nitrogens is 2. The van der Waals surface area contributed by atoms with Crippen molar-refractivity contribution in [2.24, 2.45) is 0 Å². The van der Waals surface area contributed by atoms with E-state index in [-0.39, 0.29) is 0 Å². The molecule has 5 nitrogen and oxygen atoms in total. The van der Waals surface area contributed by atoms with Crippen molar-refractivity contribution in [2.75, 3.05) is 6.54 Å². The molecule has 2 aromatic rings. The summed E-state index contributed by atoms with van der Waals surface area (Å²) in [6, 6.07) is 8.38. The predicted octanol–water partition coefficient (Wildman–Crippen LogP) is 2.63. The summed E-state index contributed by atoms with van der Waals surface area (Å²) in [7, 11) is -3.42. The van der Waals surface area contributed by atoms with Gasteiger partial charge in [0.05, 0.1) is 15.1 Å². The van der Waals surface area contributed by atoms with E-state index in [9.17, 15) is 8.42 Å². The molecule has 0 aliphatic rings. The van der Waals surface area contributed by atoms with Gasteiger partial charge in [0.15, 0.2) is 0 Å². The van der Waals surface area contributed by atoms with E-state index in [1.807, 2.05) is 18.5 Å². The van der Waals surface area contributed by atoms with Crippen LogP contribution in [0.2, 0.25) is 0 Å². The van der Waals surface area contributed by atoms with Crippen molar-refractivity contribution in [3.8, 4) is 0 Å². The summed E-state index contributed by atoms with van der Waals surface area (Å²) < 4.78 is 29.6. The van der Waals surface area contributed by atoms with Crippen molar-refractivity contribution in [3.05, 3.63) is 46.2 Å². The van der Waals surface area contributed by atoms with Gasteiger partial charge in [-0.05, 0) is 48.3 Å². The molecule has 1 aromatic heterocycles. The minimum Gasteiger partial charge on any atom is -0.268 e. The SMILES string of the molecule is Cc1nn(CCCNS(=O)(=O)c2ccccc2)c(C)c1Br. The third-order valence-electron chi connectivity index (χ3n) is 3.19. The third kappa shape index (κ3) is 3.93. The highest BCUT2D eigenvalue weighted by atomic mass is 79.9. The Labute approximate surface area is 133 Å². The van der Waals surface area contributed by atoms with Crippen molar-refractivity contribution in [1.29, 1.82) is 0 Å². The molecule has 0 saturated carbocycles. The molecule has 0 bridgehead atoms. The second kappa shape index (κ2) is 6.72. The normalized spacial score (nSPS) is 11.8. The number of sulfonamides is 1. The molecule has 0 aliphatic heterocycles. The van der Waals surface area contributed by atoms with Gasteiger partial charge in [-0.2, -0.15) is 5.10 Å². The smallest absolute Gasteiger partial charge is 0.240 e. The summed E-state index contributed by atoms with van der Waals surface area (Å²) in [6.45, 7) is 4.98. The van der Waals surface area contributed by atoms with Crippen LogP contribution >= 0.6 is 15.9 Å². The first-order valence-corrected chi connectivity index (χ1v) is 8.93. The van der Waals surface area contributed by atoms with Crippen LogP contribution in [0.5, 0.6) is 0 Å². The summed E-state index contributed by atoms with van der Waals surface area (Å²) in [4.78, 5) is 0.291. The summed E-state index contributed by atoms with van der Waals surface area (Å²) in [5, 5.41) is 4.39. The number of aryl methyl sites for hydroxylation is 2. The van der Waals surface area contributed by atoms with Crippen LogP contribution in [0.4, 0.5) is 0 Å². The average Bonchev–Trinajstić information content (AvgIpc) is 2.72. The van der Waals surface area contributed by atoms with E-state index in [4.69, 9.17) is 0 Å². The van der Waals surface area contributed by atoms with E-state index < -0.39 is 10.0 Å². The molecule has 0 aliphatic carbocycles. The molecule has 0 radical (unpaired) electrons. The van der Waals surface area contributed by atoms with E-state index >= 15 is 0 Å². The molecule has 0 spiro atoms. The molecule has 0 unspecified atom stereocenters. The van der Waals surface area contributed by atoms with Gasteiger partial charge in [-0.25, -0.2) is 13.1 Å². The lowest BCUT2D eigenvalue weighted by molar-refractivity contribution is 0.544. The van der Waals surface area contributed by atoms with Gasteiger partial charge >= 0.3 is 0 Å². The van der Waals surface area contributed by atoms with Crippen LogP contribution < -0.4 is 4.72 Å². The summed E-state index contributed by atoms with van der Waals surface area (Å²) in [5.41, 5.74) is 2.00. The van der Waals surface area contributed by atoms with Gasteiger partial charge in [0.25, 0.3) is 0 Å². The van der Waals surface area contributed by atoms with Gasteiger partial charge in [0.1, 0.15) is 0 Å². The van der Waals surface area contributed by atoms with Gasteiger partial charge in [-0.15, -0.1) is 0 Å². The van der Waals surface area contributed by atoms with Gasteiger partial charge < -0.3 is 0 Å². The zero-order valence-electron chi connectivity index (χ0n) is 12.0. The number of nitrogens with one attached hydrogen (secondary N) is 1. The van der Waals surface area contributed by atoms with E-state index in [1.165, 1.54) is 0 Å². The molecule has 114 valence electrons. The maximum atomic E-state index is 12.0. The zero-order valence-corrected chi connectivity index (χ0v) is 14.4. The molecule has 1 aromatic carbocycles. The summed E-state index contributed by atoms with van der Waals surface area (Å²) in [6.07, 6.45) is 0.681. The number of hydrogen-bond donors (Lipinski definition) is 1. The quantitative estimate of drug-likeness (QED) is 0.793. The van der Waals surface area contributed by atoms with E-state index in [2.05, 4.69) is 25.8 Å². The number of rotatable bonds is 6. The minimum atomic E-state index is -3.42. The lowest BCUT2D eigenvalue weighted by Crippen LogP contribution is -2.25. The van der Waals surface area contributed by atoms with E-state index in [0.29, 0.717) is 24.4 Å².